The fraction of sp³-hybridized carbons (Fsp3) is 0.717. The number of carboxylic acids is 1. The number of aliphatic hydroxyl groups excluding tert-OH is 1. The van der Waals surface area contributed by atoms with Gasteiger partial charge in [-0.2, -0.15) is 0 Å². The summed E-state index contributed by atoms with van der Waals surface area (Å²) in [7, 11) is -4.76. The van der Waals surface area contributed by atoms with Crippen LogP contribution in [0.5, 0.6) is 0 Å². The minimum absolute atomic E-state index is 0.132. The molecular formula is C46H80NO10P. The fourth-order valence-electron chi connectivity index (χ4n) is 5.75. The van der Waals surface area contributed by atoms with Crippen molar-refractivity contribution in [3.8, 4) is 0 Å². The van der Waals surface area contributed by atoms with Gasteiger partial charge in [0.05, 0.1) is 13.2 Å². The lowest BCUT2D eigenvalue weighted by Crippen LogP contribution is -2.43. The molecule has 0 aromatic rings. The molecule has 1 amide bonds. The van der Waals surface area contributed by atoms with Crippen LogP contribution in [0.1, 0.15) is 181 Å². The number of phosphoric ester groups is 1. The van der Waals surface area contributed by atoms with E-state index in [0.717, 1.165) is 89.9 Å². The van der Waals surface area contributed by atoms with Crippen LogP contribution in [0.25, 0.3) is 0 Å². The summed E-state index contributed by atoms with van der Waals surface area (Å²) in [5, 5.41) is 21.8. The summed E-state index contributed by atoms with van der Waals surface area (Å²) in [6.07, 6.45) is 46.8. The Morgan fingerprint density at radius 3 is 1.48 bits per heavy atom. The van der Waals surface area contributed by atoms with Gasteiger partial charge in [0.2, 0.25) is 5.91 Å². The Balaban J connectivity index is 3.88. The Bertz CT molecular complexity index is 1210. The van der Waals surface area contributed by atoms with Gasteiger partial charge in [0, 0.05) is 12.8 Å². The van der Waals surface area contributed by atoms with Crippen LogP contribution in [0.3, 0.4) is 0 Å². The molecule has 0 saturated heterocycles. The minimum atomic E-state index is -4.76. The highest BCUT2D eigenvalue weighted by Crippen LogP contribution is 2.43. The molecule has 0 bridgehead atoms. The van der Waals surface area contributed by atoms with Gasteiger partial charge in [0.25, 0.3) is 0 Å². The Kier molecular flexibility index (Phi) is 38.9. The molecule has 0 radical (unpaired) electrons. The summed E-state index contributed by atoms with van der Waals surface area (Å²) in [6, 6.07) is -1.55. The number of rotatable bonds is 41. The molecule has 0 rings (SSSR count). The van der Waals surface area contributed by atoms with E-state index in [1.165, 1.54) is 51.4 Å². The highest BCUT2D eigenvalue weighted by Gasteiger charge is 2.28. The number of aliphatic carboxylic acids is 1. The molecule has 0 saturated carbocycles. The lowest BCUT2D eigenvalue weighted by Gasteiger charge is -2.18. The zero-order chi connectivity index (χ0) is 42.8. The number of unbranched alkanes of at least 4 members (excludes halogenated alkanes) is 17. The molecule has 3 atom stereocenters. The molecule has 3 unspecified atom stereocenters. The average molecular weight is 838 g/mol. The molecule has 0 spiro atoms. The van der Waals surface area contributed by atoms with Crippen LogP contribution >= 0.6 is 7.82 Å². The van der Waals surface area contributed by atoms with Crippen LogP contribution in [0, 0.1) is 0 Å². The molecule has 0 aromatic heterocycles. The van der Waals surface area contributed by atoms with Crippen molar-refractivity contribution in [1.29, 1.82) is 0 Å². The number of ether oxygens (including phenoxy) is 1. The highest BCUT2D eigenvalue weighted by atomic mass is 31.2. The molecule has 58 heavy (non-hydrogen) atoms. The largest absolute Gasteiger partial charge is 0.480 e. The topological polar surface area (TPSA) is 169 Å². The van der Waals surface area contributed by atoms with E-state index >= 15 is 0 Å². The first kappa shape index (κ1) is 55.2. The zero-order valence-electron chi connectivity index (χ0n) is 36.1. The number of nitrogens with one attached hydrogen (secondary N) is 1. The van der Waals surface area contributed by atoms with Crippen molar-refractivity contribution in [3.63, 3.8) is 0 Å². The first-order chi connectivity index (χ1) is 28.1. The van der Waals surface area contributed by atoms with Crippen LogP contribution < -0.4 is 5.32 Å². The quantitative estimate of drug-likeness (QED) is 0.0201. The van der Waals surface area contributed by atoms with Crippen molar-refractivity contribution in [3.05, 3.63) is 60.8 Å². The SMILES string of the molecule is CCCC/C=C\CCCCCCCC(=O)NC(COP(=O)(O)OCC(O)COC(=O)CCCCCCCCC/C=C\C/C=C\C/C=C\C/C=C\CCCCC)C(=O)O. The van der Waals surface area contributed by atoms with Gasteiger partial charge in [-0.25, -0.2) is 9.36 Å². The van der Waals surface area contributed by atoms with Crippen LogP contribution in [0.15, 0.2) is 60.8 Å². The van der Waals surface area contributed by atoms with Gasteiger partial charge >= 0.3 is 19.8 Å². The van der Waals surface area contributed by atoms with Crippen molar-refractivity contribution in [2.45, 2.75) is 193 Å². The minimum Gasteiger partial charge on any atom is -0.480 e. The Morgan fingerprint density at radius 1 is 0.552 bits per heavy atom. The van der Waals surface area contributed by atoms with E-state index in [4.69, 9.17) is 13.8 Å². The Hall–Kier alpha value is -2.82. The number of carbonyl (C=O) groups excluding carboxylic acids is 2. The van der Waals surface area contributed by atoms with Crippen LogP contribution in [-0.2, 0) is 32.7 Å². The summed E-state index contributed by atoms with van der Waals surface area (Å²) in [6.45, 7) is 2.49. The van der Waals surface area contributed by atoms with Gasteiger partial charge in [-0.3, -0.25) is 18.6 Å². The number of hydrogen-bond donors (Lipinski definition) is 4. The van der Waals surface area contributed by atoms with E-state index in [1.807, 2.05) is 0 Å². The van der Waals surface area contributed by atoms with E-state index in [9.17, 15) is 34.1 Å². The van der Waals surface area contributed by atoms with Crippen molar-refractivity contribution in [1.82, 2.24) is 5.32 Å². The number of allylic oxidation sites excluding steroid dienone is 10. The summed E-state index contributed by atoms with van der Waals surface area (Å²) in [5.74, 6) is -2.40. The van der Waals surface area contributed by atoms with E-state index in [1.54, 1.807) is 0 Å². The third-order valence-corrected chi connectivity index (χ3v) is 10.2. The number of phosphoric acid groups is 1. The molecular weight excluding hydrogens is 757 g/mol. The van der Waals surface area contributed by atoms with Crippen LogP contribution in [0.2, 0.25) is 0 Å². The molecule has 0 fully saturated rings. The molecule has 0 aliphatic rings. The Labute approximate surface area is 351 Å². The number of carbonyl (C=O) groups is 3. The predicted octanol–water partition coefficient (Wildman–Crippen LogP) is 11.6. The van der Waals surface area contributed by atoms with Crippen LogP contribution in [-0.4, -0.2) is 64.9 Å². The number of hydrogen-bond acceptors (Lipinski definition) is 8. The van der Waals surface area contributed by atoms with Crippen molar-refractivity contribution in [2.24, 2.45) is 0 Å². The van der Waals surface area contributed by atoms with Gasteiger partial charge in [0.1, 0.15) is 12.7 Å². The first-order valence-electron chi connectivity index (χ1n) is 22.3. The monoisotopic (exact) mass is 838 g/mol. The molecule has 0 aliphatic carbocycles. The maximum absolute atomic E-state index is 12.2. The molecule has 0 heterocycles. The summed E-state index contributed by atoms with van der Waals surface area (Å²) in [4.78, 5) is 45.8. The molecule has 334 valence electrons. The van der Waals surface area contributed by atoms with Gasteiger partial charge in [-0.1, -0.05) is 152 Å². The number of amides is 1. The third-order valence-electron chi connectivity index (χ3n) is 9.28. The van der Waals surface area contributed by atoms with E-state index in [-0.39, 0.29) is 12.8 Å². The first-order valence-corrected chi connectivity index (χ1v) is 23.8. The van der Waals surface area contributed by atoms with Gasteiger partial charge in [-0.05, 0) is 77.0 Å². The standard InChI is InChI=1S/C46H80NO10P/c1-3-5-7-9-11-13-15-16-17-18-19-20-21-22-23-24-25-26-28-30-32-34-36-38-45(50)55-39-42(48)40-56-58(53,54)57-41-43(46(51)52)47-44(49)37-35-33-31-29-27-14-12-10-8-6-4-2/h10-13,16-17,19-20,22-23,42-43,48H,3-9,14-15,18,21,24-41H2,1-2H3,(H,47,49)(H,51,52)(H,53,54)/b12-10-,13-11-,17-16-,20-19-,23-22-. The molecule has 11 nitrogen and oxygen atoms in total. The summed E-state index contributed by atoms with van der Waals surface area (Å²) < 4.78 is 26.8. The van der Waals surface area contributed by atoms with Gasteiger partial charge in [-0.15, -0.1) is 0 Å². The molecule has 12 heteroatoms. The Morgan fingerprint density at radius 2 is 0.966 bits per heavy atom. The lowest BCUT2D eigenvalue weighted by atomic mass is 10.1. The third kappa shape index (κ3) is 40.0. The molecule has 0 aliphatic heterocycles. The van der Waals surface area contributed by atoms with Crippen LogP contribution in [0.4, 0.5) is 0 Å². The lowest BCUT2D eigenvalue weighted by molar-refractivity contribution is -0.147. The maximum Gasteiger partial charge on any atom is 0.472 e. The predicted molar refractivity (Wildman–Crippen MR) is 235 cm³/mol. The normalized spacial score (nSPS) is 14.3. The number of aliphatic hydroxyl groups is 1. The van der Waals surface area contributed by atoms with E-state index < -0.39 is 57.6 Å². The molecule has 4 N–H and O–H groups in total. The van der Waals surface area contributed by atoms with Crippen molar-refractivity contribution < 1.29 is 47.8 Å². The maximum atomic E-state index is 12.2. The highest BCUT2D eigenvalue weighted by molar-refractivity contribution is 7.47. The van der Waals surface area contributed by atoms with Gasteiger partial charge in [0.15, 0.2) is 6.04 Å². The van der Waals surface area contributed by atoms with E-state index in [2.05, 4.69) is 79.9 Å². The van der Waals surface area contributed by atoms with Crippen molar-refractivity contribution in [2.75, 3.05) is 19.8 Å². The number of esters is 1. The van der Waals surface area contributed by atoms with Gasteiger partial charge < -0.3 is 25.2 Å². The second-order valence-electron chi connectivity index (χ2n) is 14.9. The summed E-state index contributed by atoms with van der Waals surface area (Å²) in [5.41, 5.74) is 0. The summed E-state index contributed by atoms with van der Waals surface area (Å²) >= 11 is 0. The smallest absolute Gasteiger partial charge is 0.472 e. The second kappa shape index (κ2) is 40.9. The molecule has 0 aromatic carbocycles. The van der Waals surface area contributed by atoms with Crippen molar-refractivity contribution >= 4 is 25.7 Å². The second-order valence-corrected chi connectivity index (χ2v) is 16.3. The number of carboxylic acid groups (broad SMARTS) is 1. The van der Waals surface area contributed by atoms with E-state index in [0.29, 0.717) is 12.8 Å². The fourth-order valence-corrected chi connectivity index (χ4v) is 6.52. The average Bonchev–Trinajstić information content (AvgIpc) is 3.20. The zero-order valence-corrected chi connectivity index (χ0v) is 37.0.